The average molecular weight is 294 g/mol. The van der Waals surface area contributed by atoms with E-state index in [-0.39, 0.29) is 17.7 Å². The zero-order chi connectivity index (χ0) is 15.6. The molecule has 21 heavy (non-hydrogen) atoms. The van der Waals surface area contributed by atoms with Crippen LogP contribution in [0.3, 0.4) is 0 Å². The summed E-state index contributed by atoms with van der Waals surface area (Å²) in [4.78, 5) is 35.6. The zero-order valence-corrected chi connectivity index (χ0v) is 11.4. The van der Waals surface area contributed by atoms with E-state index in [0.29, 0.717) is 6.42 Å². The molecule has 1 saturated heterocycles. The maximum absolute atomic E-state index is 13.7. The van der Waals surface area contributed by atoms with Gasteiger partial charge in [0, 0.05) is 5.56 Å². The molecular weight excluding hydrogens is 279 g/mol. The number of imide groups is 1. The Hall–Kier alpha value is -2.44. The number of halogens is 1. The van der Waals surface area contributed by atoms with Crippen LogP contribution in [0, 0.1) is 5.82 Å². The number of carbonyl (C=O) groups excluding carboxylic acids is 2. The van der Waals surface area contributed by atoms with Crippen LogP contribution in [-0.2, 0) is 11.3 Å². The van der Waals surface area contributed by atoms with Crippen molar-refractivity contribution < 1.29 is 23.9 Å². The first kappa shape index (κ1) is 15.0. The van der Waals surface area contributed by atoms with Gasteiger partial charge in [0.1, 0.15) is 11.9 Å². The number of hydrogen-bond acceptors (Lipinski definition) is 3. The van der Waals surface area contributed by atoms with E-state index in [1.807, 2.05) is 6.92 Å². The Bertz CT molecular complexity index is 603. The van der Waals surface area contributed by atoms with Gasteiger partial charge < -0.3 is 10.4 Å². The number of aromatic carboxylic acids is 1. The third-order valence-electron chi connectivity index (χ3n) is 3.31. The predicted molar refractivity (Wildman–Crippen MR) is 71.1 cm³/mol. The number of hydrogen-bond donors (Lipinski definition) is 2. The van der Waals surface area contributed by atoms with Crippen LogP contribution in [0.15, 0.2) is 18.2 Å². The third kappa shape index (κ3) is 3.01. The van der Waals surface area contributed by atoms with Gasteiger partial charge >= 0.3 is 12.0 Å². The van der Waals surface area contributed by atoms with Crippen molar-refractivity contribution >= 4 is 17.9 Å². The Labute approximate surface area is 120 Å². The van der Waals surface area contributed by atoms with Crippen molar-refractivity contribution in [1.29, 1.82) is 0 Å². The lowest BCUT2D eigenvalue weighted by atomic mass is 10.1. The summed E-state index contributed by atoms with van der Waals surface area (Å²) in [5, 5.41) is 11.4. The van der Waals surface area contributed by atoms with Gasteiger partial charge in [-0.1, -0.05) is 13.3 Å². The Morgan fingerprint density at radius 1 is 1.43 bits per heavy atom. The van der Waals surface area contributed by atoms with E-state index in [0.717, 1.165) is 29.5 Å². The van der Waals surface area contributed by atoms with E-state index in [2.05, 4.69) is 5.32 Å². The molecule has 0 bridgehead atoms. The van der Waals surface area contributed by atoms with Crippen LogP contribution in [-0.4, -0.2) is 34.0 Å². The van der Waals surface area contributed by atoms with Gasteiger partial charge in [-0.15, -0.1) is 0 Å². The van der Waals surface area contributed by atoms with Gasteiger partial charge in [0.15, 0.2) is 0 Å². The van der Waals surface area contributed by atoms with Crippen LogP contribution >= 0.6 is 0 Å². The largest absolute Gasteiger partial charge is 0.478 e. The molecule has 0 radical (unpaired) electrons. The number of carbonyl (C=O) groups is 3. The van der Waals surface area contributed by atoms with Gasteiger partial charge in [-0.3, -0.25) is 9.69 Å². The molecule has 2 N–H and O–H groups in total. The second-order valence-electron chi connectivity index (χ2n) is 4.83. The molecule has 1 aliphatic rings. The van der Waals surface area contributed by atoms with Crippen LogP contribution in [0.1, 0.15) is 35.7 Å². The first-order valence-electron chi connectivity index (χ1n) is 6.57. The number of amides is 3. The van der Waals surface area contributed by atoms with E-state index in [4.69, 9.17) is 5.11 Å². The molecule has 3 amide bonds. The van der Waals surface area contributed by atoms with Crippen molar-refractivity contribution in [1.82, 2.24) is 10.2 Å². The summed E-state index contributed by atoms with van der Waals surface area (Å²) < 4.78 is 13.7. The van der Waals surface area contributed by atoms with Crippen molar-refractivity contribution in [2.24, 2.45) is 0 Å². The van der Waals surface area contributed by atoms with E-state index in [1.54, 1.807) is 0 Å². The van der Waals surface area contributed by atoms with E-state index in [9.17, 15) is 18.8 Å². The van der Waals surface area contributed by atoms with Gasteiger partial charge in [0.25, 0.3) is 5.91 Å². The maximum atomic E-state index is 13.7. The lowest BCUT2D eigenvalue weighted by molar-refractivity contribution is -0.128. The minimum Gasteiger partial charge on any atom is -0.478 e. The summed E-state index contributed by atoms with van der Waals surface area (Å²) >= 11 is 0. The molecule has 112 valence electrons. The van der Waals surface area contributed by atoms with Crippen molar-refractivity contribution in [2.45, 2.75) is 32.4 Å². The van der Waals surface area contributed by atoms with Crippen LogP contribution < -0.4 is 5.32 Å². The third-order valence-corrected chi connectivity index (χ3v) is 3.31. The minimum absolute atomic E-state index is 0.00412. The molecule has 6 nitrogen and oxygen atoms in total. The Morgan fingerprint density at radius 3 is 2.76 bits per heavy atom. The summed E-state index contributed by atoms with van der Waals surface area (Å²) in [7, 11) is 0. The first-order valence-corrected chi connectivity index (χ1v) is 6.57. The number of carboxylic acid groups (broad SMARTS) is 1. The van der Waals surface area contributed by atoms with E-state index in [1.165, 1.54) is 0 Å². The summed E-state index contributed by atoms with van der Waals surface area (Å²) in [5.74, 6) is -2.26. The molecule has 1 atom stereocenters. The second-order valence-corrected chi connectivity index (χ2v) is 4.83. The first-order chi connectivity index (χ1) is 9.93. The molecule has 1 aromatic carbocycles. The average Bonchev–Trinajstić information content (AvgIpc) is 2.69. The van der Waals surface area contributed by atoms with Crippen LogP contribution in [0.4, 0.5) is 9.18 Å². The maximum Gasteiger partial charge on any atom is 0.335 e. The number of urea groups is 1. The van der Waals surface area contributed by atoms with Crippen LogP contribution in [0.2, 0.25) is 0 Å². The number of carboxylic acids is 1. The van der Waals surface area contributed by atoms with Gasteiger partial charge in [0.05, 0.1) is 12.1 Å². The van der Waals surface area contributed by atoms with E-state index >= 15 is 0 Å². The highest BCUT2D eigenvalue weighted by molar-refractivity contribution is 6.04. The van der Waals surface area contributed by atoms with E-state index < -0.39 is 29.8 Å². The van der Waals surface area contributed by atoms with Crippen molar-refractivity contribution in [2.75, 3.05) is 0 Å². The molecule has 0 spiro atoms. The van der Waals surface area contributed by atoms with Gasteiger partial charge in [-0.05, 0) is 24.6 Å². The molecule has 1 unspecified atom stereocenters. The minimum atomic E-state index is -1.20. The molecule has 0 saturated carbocycles. The van der Waals surface area contributed by atoms with Crippen LogP contribution in [0.25, 0.3) is 0 Å². The number of rotatable bonds is 5. The molecule has 7 heteroatoms. The molecule has 1 aromatic rings. The summed E-state index contributed by atoms with van der Waals surface area (Å²) in [6, 6.07) is 2.10. The Balaban J connectivity index is 2.22. The zero-order valence-electron chi connectivity index (χ0n) is 11.4. The number of nitrogens with one attached hydrogen (secondary N) is 1. The van der Waals surface area contributed by atoms with Crippen molar-refractivity contribution in [3.05, 3.63) is 35.1 Å². The number of benzene rings is 1. The van der Waals surface area contributed by atoms with Crippen molar-refractivity contribution in [3.8, 4) is 0 Å². The second kappa shape index (κ2) is 5.90. The molecular formula is C14H15FN2O4. The normalized spacial score (nSPS) is 18.0. The molecule has 1 fully saturated rings. The number of nitrogens with zero attached hydrogens (tertiary/aromatic N) is 1. The standard InChI is InChI=1S/C14H15FN2O4/c1-2-3-11-12(18)17(14(21)16-11)7-9-6-8(13(19)20)4-5-10(9)15/h4-6,11H,2-3,7H2,1H3,(H,16,21)(H,19,20). The molecule has 0 aliphatic carbocycles. The molecule has 0 aromatic heterocycles. The lowest BCUT2D eigenvalue weighted by Gasteiger charge is -2.14. The van der Waals surface area contributed by atoms with Gasteiger partial charge in [0.2, 0.25) is 0 Å². The fourth-order valence-electron chi connectivity index (χ4n) is 2.21. The summed E-state index contributed by atoms with van der Waals surface area (Å²) in [6.07, 6.45) is 1.24. The Morgan fingerprint density at radius 2 is 2.14 bits per heavy atom. The fraction of sp³-hybridized carbons (Fsp3) is 0.357. The molecule has 2 rings (SSSR count). The summed E-state index contributed by atoms with van der Waals surface area (Å²) in [5.41, 5.74) is -0.0980. The molecule has 1 heterocycles. The highest BCUT2D eigenvalue weighted by Crippen LogP contribution is 2.18. The van der Waals surface area contributed by atoms with Crippen molar-refractivity contribution in [3.63, 3.8) is 0 Å². The predicted octanol–water partition coefficient (Wildman–Crippen LogP) is 1.74. The van der Waals surface area contributed by atoms with Gasteiger partial charge in [-0.25, -0.2) is 14.0 Å². The molecule has 1 aliphatic heterocycles. The van der Waals surface area contributed by atoms with Gasteiger partial charge in [-0.2, -0.15) is 0 Å². The SMILES string of the molecule is CCCC1NC(=O)N(Cc2cc(C(=O)O)ccc2F)C1=O. The quantitative estimate of drug-likeness (QED) is 0.810. The lowest BCUT2D eigenvalue weighted by Crippen LogP contribution is -2.31. The smallest absolute Gasteiger partial charge is 0.335 e. The topological polar surface area (TPSA) is 86.7 Å². The Kier molecular flexibility index (Phi) is 4.21. The summed E-state index contributed by atoms with van der Waals surface area (Å²) in [6.45, 7) is 1.61. The van der Waals surface area contributed by atoms with Crippen LogP contribution in [0.5, 0.6) is 0 Å². The monoisotopic (exact) mass is 294 g/mol. The highest BCUT2D eigenvalue weighted by Gasteiger charge is 2.37. The fourth-order valence-corrected chi connectivity index (χ4v) is 2.21. The highest BCUT2D eigenvalue weighted by atomic mass is 19.1.